The zero-order valence-electron chi connectivity index (χ0n) is 17.3. The lowest BCUT2D eigenvalue weighted by Gasteiger charge is -2.28. The van der Waals surface area contributed by atoms with Crippen LogP contribution in [0, 0.1) is 19.8 Å². The smallest absolute Gasteiger partial charge is 0.179 e. The van der Waals surface area contributed by atoms with Gasteiger partial charge in [-0.05, 0) is 62.4 Å². The van der Waals surface area contributed by atoms with Gasteiger partial charge in [-0.2, -0.15) is 0 Å². The van der Waals surface area contributed by atoms with Crippen molar-refractivity contribution in [2.45, 2.75) is 31.6 Å². The number of rotatable bonds is 5. The van der Waals surface area contributed by atoms with Gasteiger partial charge in [-0.3, -0.25) is 0 Å². The Hall–Kier alpha value is -2.45. The summed E-state index contributed by atoms with van der Waals surface area (Å²) < 4.78 is 31.9. The molecule has 2 fully saturated rings. The van der Waals surface area contributed by atoms with Crippen LogP contribution >= 0.6 is 0 Å². The van der Waals surface area contributed by atoms with Crippen LogP contribution in [0.15, 0.2) is 33.7 Å². The molecule has 0 radical (unpaired) electrons. The maximum atomic E-state index is 13.3. The maximum Gasteiger partial charge on any atom is 0.179 e. The molecule has 30 heavy (non-hydrogen) atoms. The Morgan fingerprint density at radius 1 is 1.17 bits per heavy atom. The zero-order chi connectivity index (χ0) is 20.9. The van der Waals surface area contributed by atoms with Gasteiger partial charge in [0.05, 0.1) is 21.9 Å². The van der Waals surface area contributed by atoms with Crippen molar-refractivity contribution in [2.24, 2.45) is 5.92 Å². The second kappa shape index (κ2) is 7.35. The molecule has 3 heterocycles. The van der Waals surface area contributed by atoms with Crippen LogP contribution in [0.2, 0.25) is 0 Å². The van der Waals surface area contributed by atoms with Gasteiger partial charge in [0.2, 0.25) is 0 Å². The average Bonchev–Trinajstić information content (AvgIpc) is 3.48. The van der Waals surface area contributed by atoms with E-state index in [2.05, 4.69) is 15.4 Å². The normalized spacial score (nSPS) is 17.6. The second-order valence-electron chi connectivity index (χ2n) is 8.37. The number of anilines is 1. The second-order valence-corrected chi connectivity index (χ2v) is 10.4. The molecule has 3 aromatic rings. The summed E-state index contributed by atoms with van der Waals surface area (Å²) in [5.74, 6) is 2.04. The first-order chi connectivity index (χ1) is 14.4. The predicted molar refractivity (Wildman–Crippen MR) is 117 cm³/mol. The van der Waals surface area contributed by atoms with E-state index in [0.29, 0.717) is 21.6 Å². The number of hydrogen-bond acceptors (Lipinski definition) is 7. The Labute approximate surface area is 176 Å². The number of benzene rings is 1. The molecule has 2 aliphatic rings. The maximum absolute atomic E-state index is 13.3. The highest BCUT2D eigenvalue weighted by Crippen LogP contribution is 2.37. The van der Waals surface area contributed by atoms with Crippen LogP contribution in [-0.4, -0.2) is 50.5 Å². The van der Waals surface area contributed by atoms with Crippen molar-refractivity contribution in [3.05, 3.63) is 35.7 Å². The van der Waals surface area contributed by atoms with Crippen LogP contribution < -0.4 is 10.2 Å². The third kappa shape index (κ3) is 3.58. The van der Waals surface area contributed by atoms with Crippen molar-refractivity contribution in [3.8, 4) is 11.1 Å². The molecule has 1 saturated heterocycles. The number of aromatic nitrogens is 2. The van der Waals surface area contributed by atoms with Crippen molar-refractivity contribution in [2.75, 3.05) is 36.8 Å². The molecule has 0 amide bonds. The van der Waals surface area contributed by atoms with Gasteiger partial charge >= 0.3 is 0 Å². The number of sulfone groups is 1. The van der Waals surface area contributed by atoms with E-state index in [9.17, 15) is 8.42 Å². The average molecular weight is 427 g/mol. The lowest BCUT2D eigenvalue weighted by molar-refractivity contribution is 0.393. The van der Waals surface area contributed by atoms with Gasteiger partial charge in [-0.15, -0.1) is 0 Å². The number of hydrogen-bond donors (Lipinski definition) is 1. The van der Waals surface area contributed by atoms with Gasteiger partial charge in [0.15, 0.2) is 9.84 Å². The van der Waals surface area contributed by atoms with E-state index in [-0.39, 0.29) is 11.7 Å². The summed E-state index contributed by atoms with van der Waals surface area (Å²) in [4.78, 5) is 7.48. The van der Waals surface area contributed by atoms with Crippen LogP contribution in [0.1, 0.15) is 24.3 Å². The predicted octanol–water partition coefficient (Wildman–Crippen LogP) is 3.10. The first kappa shape index (κ1) is 19.5. The lowest BCUT2D eigenvalue weighted by Crippen LogP contribution is -2.43. The molecule has 1 saturated carbocycles. The highest BCUT2D eigenvalue weighted by atomic mass is 32.2. The molecule has 0 spiro atoms. The topological polar surface area (TPSA) is 88.3 Å². The number of fused-ring (bicyclic) bond motifs is 1. The van der Waals surface area contributed by atoms with Gasteiger partial charge in [0.1, 0.15) is 11.6 Å². The summed E-state index contributed by atoms with van der Waals surface area (Å²) in [7, 11) is -3.42. The third-order valence-electron chi connectivity index (χ3n) is 6.00. The first-order valence-corrected chi connectivity index (χ1v) is 12.1. The van der Waals surface area contributed by atoms with E-state index < -0.39 is 9.84 Å². The number of aryl methyl sites for hydroxylation is 2. The summed E-state index contributed by atoms with van der Waals surface area (Å²) in [5.41, 5.74) is 3.07. The zero-order valence-corrected chi connectivity index (χ0v) is 18.1. The van der Waals surface area contributed by atoms with E-state index in [1.54, 1.807) is 6.07 Å². The molecule has 0 bridgehead atoms. The molecule has 1 aliphatic heterocycles. The van der Waals surface area contributed by atoms with Gasteiger partial charge in [-0.1, -0.05) is 5.16 Å². The lowest BCUT2D eigenvalue weighted by atomic mass is 10.0. The van der Waals surface area contributed by atoms with Crippen LogP contribution in [-0.2, 0) is 9.84 Å². The molecule has 7 nitrogen and oxygen atoms in total. The Kier molecular flexibility index (Phi) is 4.78. The first-order valence-electron chi connectivity index (χ1n) is 10.5. The molecule has 0 atom stereocenters. The Morgan fingerprint density at radius 2 is 1.93 bits per heavy atom. The van der Waals surface area contributed by atoms with Crippen LogP contribution in [0.4, 0.5) is 5.82 Å². The molecule has 1 aromatic carbocycles. The van der Waals surface area contributed by atoms with Crippen LogP contribution in [0.3, 0.4) is 0 Å². The van der Waals surface area contributed by atoms with E-state index in [1.165, 1.54) is 0 Å². The number of nitrogens with one attached hydrogen (secondary N) is 1. The Morgan fingerprint density at radius 3 is 2.60 bits per heavy atom. The fourth-order valence-electron chi connectivity index (χ4n) is 4.24. The van der Waals surface area contributed by atoms with Crippen LogP contribution in [0.5, 0.6) is 0 Å². The Balaban J connectivity index is 1.70. The van der Waals surface area contributed by atoms with E-state index in [0.717, 1.165) is 61.7 Å². The molecule has 158 valence electrons. The largest absolute Gasteiger partial charge is 0.361 e. The fourth-order valence-corrected chi connectivity index (χ4v) is 6.19. The third-order valence-corrected chi connectivity index (χ3v) is 7.92. The SMILES string of the molecule is Cc1noc(C)c1-c1cc(S(=O)(=O)CC2CC2)c2ccc(N3CCNCC3)nc2c1. The monoisotopic (exact) mass is 426 g/mol. The van der Waals surface area contributed by atoms with Crippen LogP contribution in [0.25, 0.3) is 22.0 Å². The van der Waals surface area contributed by atoms with Crippen molar-refractivity contribution < 1.29 is 12.9 Å². The molecule has 8 heteroatoms. The standard InChI is InChI=1S/C22H26N4O3S/c1-14-22(15(2)29-25-14)17-11-19-18(20(12-17)30(27,28)13-16-3-4-16)5-6-21(24-19)26-9-7-23-8-10-26/h5-6,11-12,16,23H,3-4,7-10,13H2,1-2H3. The summed E-state index contributed by atoms with van der Waals surface area (Å²) in [6.45, 7) is 7.32. The van der Waals surface area contributed by atoms with Gasteiger partial charge in [0.25, 0.3) is 0 Å². The van der Waals surface area contributed by atoms with Gasteiger partial charge in [0, 0.05) is 37.1 Å². The molecule has 0 unspecified atom stereocenters. The van der Waals surface area contributed by atoms with Gasteiger partial charge in [-0.25, -0.2) is 13.4 Å². The van der Waals surface area contributed by atoms with E-state index in [4.69, 9.17) is 9.51 Å². The van der Waals surface area contributed by atoms with Crippen molar-refractivity contribution in [1.29, 1.82) is 0 Å². The number of pyridine rings is 1. The Bertz CT molecular complexity index is 1190. The van der Waals surface area contributed by atoms with Crippen molar-refractivity contribution >= 4 is 26.6 Å². The highest BCUT2D eigenvalue weighted by Gasteiger charge is 2.31. The van der Waals surface area contributed by atoms with Crippen molar-refractivity contribution in [3.63, 3.8) is 0 Å². The number of nitrogens with zero attached hydrogens (tertiary/aromatic N) is 3. The fraction of sp³-hybridized carbons (Fsp3) is 0.455. The quantitative estimate of drug-likeness (QED) is 0.671. The highest BCUT2D eigenvalue weighted by molar-refractivity contribution is 7.91. The summed E-state index contributed by atoms with van der Waals surface area (Å²) in [6.07, 6.45) is 1.98. The minimum Gasteiger partial charge on any atom is -0.361 e. The summed E-state index contributed by atoms with van der Waals surface area (Å²) in [5, 5.41) is 8.09. The minimum atomic E-state index is -3.42. The molecule has 1 aliphatic carbocycles. The van der Waals surface area contributed by atoms with E-state index >= 15 is 0 Å². The van der Waals surface area contributed by atoms with E-state index in [1.807, 2.05) is 32.0 Å². The number of piperazine rings is 1. The summed E-state index contributed by atoms with van der Waals surface area (Å²) >= 11 is 0. The summed E-state index contributed by atoms with van der Waals surface area (Å²) in [6, 6.07) is 7.60. The molecular formula is C22H26N4O3S. The molecular weight excluding hydrogens is 400 g/mol. The molecule has 1 N–H and O–H groups in total. The van der Waals surface area contributed by atoms with Crippen molar-refractivity contribution in [1.82, 2.24) is 15.5 Å². The molecule has 2 aromatic heterocycles. The molecule has 5 rings (SSSR count). The van der Waals surface area contributed by atoms with Gasteiger partial charge < -0.3 is 14.7 Å². The minimum absolute atomic E-state index is 0.201.